The molecule has 1 aliphatic heterocycles. The fourth-order valence-electron chi connectivity index (χ4n) is 3.18. The van der Waals surface area contributed by atoms with Crippen molar-refractivity contribution >= 4 is 0 Å². The molecule has 1 N–H and O–H groups in total. The summed E-state index contributed by atoms with van der Waals surface area (Å²) < 4.78 is 5.30. The molecule has 1 saturated carbocycles. The van der Waals surface area contributed by atoms with E-state index in [4.69, 9.17) is 4.74 Å². The third-order valence-electron chi connectivity index (χ3n) is 4.29. The second-order valence-electron chi connectivity index (χ2n) is 5.64. The number of hydrogen-bond donors (Lipinski definition) is 1. The Morgan fingerprint density at radius 3 is 2.89 bits per heavy atom. The van der Waals surface area contributed by atoms with E-state index in [0.29, 0.717) is 6.04 Å². The Morgan fingerprint density at radius 2 is 2.11 bits per heavy atom. The average molecular weight is 260 g/mol. The molecule has 0 aromatic heterocycles. The van der Waals surface area contributed by atoms with Crippen molar-refractivity contribution in [1.29, 1.82) is 0 Å². The Labute approximate surface area is 115 Å². The van der Waals surface area contributed by atoms with E-state index in [1.165, 1.54) is 30.4 Å². The minimum absolute atomic E-state index is 0.564. The number of benzene rings is 1. The van der Waals surface area contributed by atoms with Crippen molar-refractivity contribution in [3.63, 3.8) is 0 Å². The average Bonchev–Trinajstić information content (AvgIpc) is 3.26. The molecule has 0 spiro atoms. The monoisotopic (exact) mass is 260 g/mol. The summed E-state index contributed by atoms with van der Waals surface area (Å²) in [6.45, 7) is 4.01. The van der Waals surface area contributed by atoms with Gasteiger partial charge in [-0.1, -0.05) is 24.3 Å². The lowest BCUT2D eigenvalue weighted by Gasteiger charge is -2.32. The molecule has 1 aromatic rings. The van der Waals surface area contributed by atoms with Crippen molar-refractivity contribution in [3.05, 3.63) is 35.4 Å². The predicted molar refractivity (Wildman–Crippen MR) is 77.1 cm³/mol. The van der Waals surface area contributed by atoms with Crippen molar-refractivity contribution in [1.82, 2.24) is 10.2 Å². The van der Waals surface area contributed by atoms with Crippen LogP contribution in [0.25, 0.3) is 0 Å². The van der Waals surface area contributed by atoms with Crippen LogP contribution in [-0.2, 0) is 11.3 Å². The maximum Gasteiger partial charge on any atom is 0.0590 e. The Kier molecular flexibility index (Phi) is 4.16. The first-order chi connectivity index (χ1) is 9.40. The van der Waals surface area contributed by atoms with Crippen molar-refractivity contribution in [2.24, 2.45) is 0 Å². The predicted octanol–water partition coefficient (Wildman–Crippen LogP) is 2.33. The summed E-state index contributed by atoms with van der Waals surface area (Å²) in [5, 5.41) is 3.55. The molecule has 1 heterocycles. The number of rotatable bonds is 5. The molecular weight excluding hydrogens is 236 g/mol. The van der Waals surface area contributed by atoms with Gasteiger partial charge in [-0.25, -0.2) is 0 Å². The van der Waals surface area contributed by atoms with Crippen LogP contribution in [0.1, 0.15) is 36.4 Å². The molecule has 0 radical (unpaired) electrons. The van der Waals surface area contributed by atoms with E-state index in [0.717, 1.165) is 32.3 Å². The highest BCUT2D eigenvalue weighted by Gasteiger charge is 2.35. The molecule has 1 fully saturated rings. The van der Waals surface area contributed by atoms with E-state index < -0.39 is 0 Å². The lowest BCUT2D eigenvalue weighted by molar-refractivity contribution is 0.110. The number of nitrogens with one attached hydrogen (secondary N) is 1. The summed E-state index contributed by atoms with van der Waals surface area (Å²) in [7, 11) is 1.80. The second-order valence-corrected chi connectivity index (χ2v) is 5.64. The van der Waals surface area contributed by atoms with Gasteiger partial charge in [0, 0.05) is 32.3 Å². The minimum Gasteiger partial charge on any atom is -0.383 e. The van der Waals surface area contributed by atoms with Crippen LogP contribution < -0.4 is 5.32 Å². The molecule has 1 atom stereocenters. The SMILES string of the molecule is COCCN(C1CC1)C1CCNCc2ccccc21. The molecule has 3 rings (SSSR count). The number of fused-ring (bicyclic) bond motifs is 1. The first-order valence-corrected chi connectivity index (χ1v) is 7.43. The molecule has 1 aromatic carbocycles. The van der Waals surface area contributed by atoms with Gasteiger partial charge in [0.25, 0.3) is 0 Å². The van der Waals surface area contributed by atoms with Gasteiger partial charge in [-0.05, 0) is 36.9 Å². The molecule has 0 bridgehead atoms. The van der Waals surface area contributed by atoms with Gasteiger partial charge in [-0.15, -0.1) is 0 Å². The van der Waals surface area contributed by atoms with E-state index in [9.17, 15) is 0 Å². The molecular formula is C16H24N2O. The maximum absolute atomic E-state index is 5.30. The van der Waals surface area contributed by atoms with Crippen molar-refractivity contribution in [2.45, 2.75) is 37.9 Å². The molecule has 3 nitrogen and oxygen atoms in total. The first-order valence-electron chi connectivity index (χ1n) is 7.43. The highest BCUT2D eigenvalue weighted by Crippen LogP contribution is 2.37. The Bertz CT molecular complexity index is 417. The summed E-state index contributed by atoms with van der Waals surface area (Å²) in [5.74, 6) is 0. The normalized spacial score (nSPS) is 23.2. The molecule has 2 aliphatic rings. The van der Waals surface area contributed by atoms with Gasteiger partial charge in [0.2, 0.25) is 0 Å². The van der Waals surface area contributed by atoms with Gasteiger partial charge in [-0.3, -0.25) is 4.90 Å². The molecule has 1 aliphatic carbocycles. The molecule has 104 valence electrons. The second kappa shape index (κ2) is 6.04. The zero-order valence-electron chi connectivity index (χ0n) is 11.8. The zero-order valence-corrected chi connectivity index (χ0v) is 11.8. The largest absolute Gasteiger partial charge is 0.383 e. The Hall–Kier alpha value is -0.900. The van der Waals surface area contributed by atoms with Gasteiger partial charge in [0.15, 0.2) is 0 Å². The molecule has 19 heavy (non-hydrogen) atoms. The van der Waals surface area contributed by atoms with E-state index in [2.05, 4.69) is 34.5 Å². The summed E-state index contributed by atoms with van der Waals surface area (Å²) in [4.78, 5) is 2.68. The first kappa shape index (κ1) is 13.1. The fourth-order valence-corrected chi connectivity index (χ4v) is 3.18. The van der Waals surface area contributed by atoms with Gasteiger partial charge < -0.3 is 10.1 Å². The number of methoxy groups -OCH3 is 1. The van der Waals surface area contributed by atoms with E-state index in [1.807, 2.05) is 0 Å². The topological polar surface area (TPSA) is 24.5 Å². The van der Waals surface area contributed by atoms with E-state index in [1.54, 1.807) is 7.11 Å². The van der Waals surface area contributed by atoms with Crippen LogP contribution in [-0.4, -0.2) is 37.7 Å². The minimum atomic E-state index is 0.564. The van der Waals surface area contributed by atoms with Gasteiger partial charge in [0.1, 0.15) is 0 Å². The van der Waals surface area contributed by atoms with Crippen LogP contribution in [0.2, 0.25) is 0 Å². The highest BCUT2D eigenvalue weighted by molar-refractivity contribution is 5.31. The maximum atomic E-state index is 5.30. The third kappa shape index (κ3) is 2.99. The lowest BCUT2D eigenvalue weighted by atomic mass is 9.97. The molecule has 3 heteroatoms. The number of ether oxygens (including phenoxy) is 1. The van der Waals surface area contributed by atoms with Gasteiger partial charge in [0.05, 0.1) is 6.61 Å². The van der Waals surface area contributed by atoms with Crippen LogP contribution in [0.15, 0.2) is 24.3 Å². The van der Waals surface area contributed by atoms with Crippen molar-refractivity contribution in [2.75, 3.05) is 26.8 Å². The quantitative estimate of drug-likeness (QED) is 0.879. The van der Waals surface area contributed by atoms with Crippen LogP contribution in [0, 0.1) is 0 Å². The summed E-state index contributed by atoms with van der Waals surface area (Å²) in [6.07, 6.45) is 3.92. The van der Waals surface area contributed by atoms with Crippen molar-refractivity contribution in [3.8, 4) is 0 Å². The third-order valence-corrected chi connectivity index (χ3v) is 4.29. The standard InChI is InChI=1S/C16H24N2O/c1-19-11-10-18(14-6-7-14)16-8-9-17-12-13-4-2-3-5-15(13)16/h2-5,14,16-17H,6-12H2,1H3. The Balaban J connectivity index is 1.84. The summed E-state index contributed by atoms with van der Waals surface area (Å²) in [5.41, 5.74) is 2.99. The zero-order chi connectivity index (χ0) is 13.1. The van der Waals surface area contributed by atoms with E-state index >= 15 is 0 Å². The van der Waals surface area contributed by atoms with Crippen molar-refractivity contribution < 1.29 is 4.74 Å². The lowest BCUT2D eigenvalue weighted by Crippen LogP contribution is -2.34. The summed E-state index contributed by atoms with van der Waals surface area (Å²) >= 11 is 0. The smallest absolute Gasteiger partial charge is 0.0590 e. The van der Waals surface area contributed by atoms with Crippen LogP contribution in [0.3, 0.4) is 0 Å². The molecule has 0 amide bonds. The summed E-state index contributed by atoms with van der Waals surface area (Å²) in [6, 6.07) is 10.3. The fraction of sp³-hybridized carbons (Fsp3) is 0.625. The Morgan fingerprint density at radius 1 is 1.26 bits per heavy atom. The van der Waals surface area contributed by atoms with Gasteiger partial charge in [-0.2, -0.15) is 0 Å². The highest BCUT2D eigenvalue weighted by atomic mass is 16.5. The van der Waals surface area contributed by atoms with Crippen LogP contribution >= 0.6 is 0 Å². The van der Waals surface area contributed by atoms with Crippen LogP contribution in [0.4, 0.5) is 0 Å². The molecule has 0 saturated heterocycles. The molecule has 1 unspecified atom stereocenters. The number of hydrogen-bond acceptors (Lipinski definition) is 3. The number of nitrogens with zero attached hydrogens (tertiary/aromatic N) is 1. The van der Waals surface area contributed by atoms with Crippen LogP contribution in [0.5, 0.6) is 0 Å². The van der Waals surface area contributed by atoms with E-state index in [-0.39, 0.29) is 0 Å². The van der Waals surface area contributed by atoms with Gasteiger partial charge >= 0.3 is 0 Å².